The number of hydrogen-bond acceptors (Lipinski definition) is 5. The van der Waals surface area contributed by atoms with Crippen LogP contribution >= 0.6 is 0 Å². The van der Waals surface area contributed by atoms with Crippen LogP contribution in [0.25, 0.3) is 0 Å². The van der Waals surface area contributed by atoms with Gasteiger partial charge < -0.3 is 13.9 Å². The summed E-state index contributed by atoms with van der Waals surface area (Å²) in [5.41, 5.74) is 1.51. The molecule has 136 valence electrons. The molecule has 1 aliphatic heterocycles. The van der Waals surface area contributed by atoms with Gasteiger partial charge in [-0.25, -0.2) is 4.98 Å². The molecular formula is C21H18N2O4. The molecule has 6 heteroatoms. The monoisotopic (exact) mass is 362 g/mol. The first kappa shape index (κ1) is 15.9. The number of benzene rings is 2. The summed E-state index contributed by atoms with van der Waals surface area (Å²) in [6.45, 7) is 0.221. The number of amides is 1. The van der Waals surface area contributed by atoms with Crippen molar-refractivity contribution < 1.29 is 18.7 Å². The molecule has 1 N–H and O–H groups in total. The molecule has 27 heavy (non-hydrogen) atoms. The molecular weight excluding hydrogens is 344 g/mol. The molecule has 0 spiro atoms. The Labute approximate surface area is 156 Å². The first-order valence-corrected chi connectivity index (χ1v) is 8.93. The van der Waals surface area contributed by atoms with E-state index in [1.165, 1.54) is 0 Å². The molecule has 1 saturated carbocycles. The van der Waals surface area contributed by atoms with Crippen molar-refractivity contribution in [3.05, 3.63) is 71.6 Å². The lowest BCUT2D eigenvalue weighted by Gasteiger charge is -2.14. The zero-order valence-corrected chi connectivity index (χ0v) is 14.6. The van der Waals surface area contributed by atoms with Crippen LogP contribution in [0.5, 0.6) is 11.5 Å². The Bertz CT molecular complexity index is 992. The van der Waals surface area contributed by atoms with Crippen LogP contribution in [0.4, 0.5) is 6.01 Å². The predicted molar refractivity (Wildman–Crippen MR) is 97.9 cm³/mol. The fourth-order valence-electron chi connectivity index (χ4n) is 3.43. The molecule has 1 fully saturated rings. The van der Waals surface area contributed by atoms with Crippen LogP contribution in [0.2, 0.25) is 0 Å². The number of carbonyl (C=O) groups excluding carboxylic acids is 1. The maximum atomic E-state index is 12.9. The van der Waals surface area contributed by atoms with E-state index in [9.17, 15) is 4.79 Å². The summed E-state index contributed by atoms with van der Waals surface area (Å²) >= 11 is 0. The Morgan fingerprint density at radius 2 is 1.89 bits per heavy atom. The summed E-state index contributed by atoms with van der Waals surface area (Å²) < 4.78 is 16.5. The maximum Gasteiger partial charge on any atom is 0.301 e. The average molecular weight is 362 g/mol. The molecule has 1 amide bonds. The van der Waals surface area contributed by atoms with Gasteiger partial charge in [0.25, 0.3) is 0 Å². The van der Waals surface area contributed by atoms with Gasteiger partial charge in [0.15, 0.2) is 11.5 Å². The van der Waals surface area contributed by atoms with Gasteiger partial charge in [0, 0.05) is 6.42 Å². The van der Waals surface area contributed by atoms with Crippen LogP contribution in [0.1, 0.15) is 29.7 Å². The van der Waals surface area contributed by atoms with Crippen LogP contribution in [-0.4, -0.2) is 17.7 Å². The van der Waals surface area contributed by atoms with Crippen molar-refractivity contribution in [1.82, 2.24) is 4.98 Å². The average Bonchev–Trinajstić information content (AvgIpc) is 3.17. The molecule has 0 radical (unpaired) electrons. The molecule has 0 saturated heterocycles. The van der Waals surface area contributed by atoms with E-state index in [0.717, 1.165) is 24.0 Å². The van der Waals surface area contributed by atoms with Crippen molar-refractivity contribution in [3.63, 3.8) is 0 Å². The highest BCUT2D eigenvalue weighted by molar-refractivity contribution is 6.00. The summed E-state index contributed by atoms with van der Waals surface area (Å²) in [5, 5.41) is 2.83. The molecule has 0 unspecified atom stereocenters. The van der Waals surface area contributed by atoms with Gasteiger partial charge in [-0.15, -0.1) is 0 Å². The van der Waals surface area contributed by atoms with Gasteiger partial charge in [0.1, 0.15) is 5.76 Å². The molecule has 2 heterocycles. The summed E-state index contributed by atoms with van der Waals surface area (Å²) in [5.74, 6) is 2.01. The predicted octanol–water partition coefficient (Wildman–Crippen LogP) is 3.66. The number of aromatic nitrogens is 1. The highest BCUT2D eigenvalue weighted by atomic mass is 16.7. The molecule has 3 aromatic rings. The largest absolute Gasteiger partial charge is 0.454 e. The third-order valence-electron chi connectivity index (χ3n) is 5.11. The number of nitrogens with one attached hydrogen (secondary N) is 1. The smallest absolute Gasteiger partial charge is 0.301 e. The van der Waals surface area contributed by atoms with Crippen LogP contribution in [-0.2, 0) is 16.6 Å². The number of rotatable bonds is 5. The summed E-state index contributed by atoms with van der Waals surface area (Å²) in [7, 11) is 0. The zero-order valence-electron chi connectivity index (χ0n) is 14.6. The topological polar surface area (TPSA) is 73.6 Å². The highest BCUT2D eigenvalue weighted by Gasteiger charge is 2.52. The zero-order chi connectivity index (χ0) is 18.3. The molecule has 0 bridgehead atoms. The van der Waals surface area contributed by atoms with E-state index < -0.39 is 5.41 Å². The lowest BCUT2D eigenvalue weighted by molar-refractivity contribution is -0.118. The fourth-order valence-corrected chi connectivity index (χ4v) is 3.43. The first-order chi connectivity index (χ1) is 13.2. The minimum atomic E-state index is -0.547. The number of anilines is 1. The highest BCUT2D eigenvalue weighted by Crippen LogP contribution is 2.51. The Hall–Kier alpha value is -3.28. The van der Waals surface area contributed by atoms with Crippen molar-refractivity contribution >= 4 is 11.9 Å². The van der Waals surface area contributed by atoms with Crippen molar-refractivity contribution in [1.29, 1.82) is 0 Å². The first-order valence-electron chi connectivity index (χ1n) is 8.93. The second-order valence-corrected chi connectivity index (χ2v) is 6.90. The van der Waals surface area contributed by atoms with Gasteiger partial charge in [-0.2, -0.15) is 0 Å². The third-order valence-corrected chi connectivity index (χ3v) is 5.11. The summed E-state index contributed by atoms with van der Waals surface area (Å²) in [6.07, 6.45) is 3.87. The van der Waals surface area contributed by atoms with Crippen molar-refractivity contribution in [2.45, 2.75) is 24.7 Å². The Morgan fingerprint density at radius 3 is 2.70 bits per heavy atom. The maximum absolute atomic E-state index is 12.9. The van der Waals surface area contributed by atoms with E-state index in [1.54, 1.807) is 6.20 Å². The van der Waals surface area contributed by atoms with Crippen LogP contribution in [0.3, 0.4) is 0 Å². The number of fused-ring (bicyclic) bond motifs is 1. The van der Waals surface area contributed by atoms with Crippen molar-refractivity contribution in [2.24, 2.45) is 0 Å². The minimum absolute atomic E-state index is 0.102. The van der Waals surface area contributed by atoms with E-state index >= 15 is 0 Å². The van der Waals surface area contributed by atoms with Crippen LogP contribution in [0, 0.1) is 0 Å². The molecule has 2 aromatic carbocycles. The summed E-state index contributed by atoms with van der Waals surface area (Å²) in [6, 6.07) is 15.9. The molecule has 2 aliphatic rings. The Morgan fingerprint density at radius 1 is 1.07 bits per heavy atom. The van der Waals surface area contributed by atoms with Gasteiger partial charge in [-0.3, -0.25) is 10.1 Å². The number of oxazole rings is 1. The third kappa shape index (κ3) is 2.93. The van der Waals surface area contributed by atoms with Gasteiger partial charge >= 0.3 is 6.01 Å². The summed E-state index contributed by atoms with van der Waals surface area (Å²) in [4.78, 5) is 17.1. The van der Waals surface area contributed by atoms with E-state index in [-0.39, 0.29) is 18.7 Å². The molecule has 1 aliphatic carbocycles. The fraction of sp³-hybridized carbons (Fsp3) is 0.238. The van der Waals surface area contributed by atoms with Gasteiger partial charge in [-0.05, 0) is 36.1 Å². The van der Waals surface area contributed by atoms with Crippen molar-refractivity contribution in [3.8, 4) is 11.5 Å². The number of nitrogens with zero attached hydrogens (tertiary/aromatic N) is 1. The van der Waals surface area contributed by atoms with E-state index in [4.69, 9.17) is 13.9 Å². The lowest BCUT2D eigenvalue weighted by atomic mass is 9.94. The molecule has 6 nitrogen and oxygen atoms in total. The Kier molecular flexibility index (Phi) is 3.63. The quantitative estimate of drug-likeness (QED) is 0.750. The molecule has 1 aromatic heterocycles. The van der Waals surface area contributed by atoms with Crippen LogP contribution < -0.4 is 14.8 Å². The van der Waals surface area contributed by atoms with Gasteiger partial charge in [-0.1, -0.05) is 36.4 Å². The normalized spacial score (nSPS) is 16.1. The SMILES string of the molecule is O=C(Nc1ncc(Cc2ccccc2)o1)C1(c2ccc3c(c2)OCO3)CC1. The van der Waals surface area contributed by atoms with Gasteiger partial charge in [0.2, 0.25) is 12.7 Å². The molecule has 5 rings (SSSR count). The van der Waals surface area contributed by atoms with E-state index in [0.29, 0.717) is 23.7 Å². The second kappa shape index (κ2) is 6.16. The number of hydrogen-bond donors (Lipinski definition) is 1. The number of carbonyl (C=O) groups is 1. The van der Waals surface area contributed by atoms with E-state index in [1.807, 2.05) is 48.5 Å². The van der Waals surface area contributed by atoms with E-state index in [2.05, 4.69) is 10.3 Å². The standard InChI is InChI=1S/C21H18N2O4/c24-19(21(8-9-21)15-6-7-17-18(11-15)26-13-25-17)23-20-22-12-16(27-20)10-14-4-2-1-3-5-14/h1-7,11-12H,8-10,13H2,(H,22,23,24). The minimum Gasteiger partial charge on any atom is -0.454 e. The van der Waals surface area contributed by atoms with Crippen LogP contribution in [0.15, 0.2) is 59.1 Å². The second-order valence-electron chi connectivity index (χ2n) is 6.90. The van der Waals surface area contributed by atoms with Crippen molar-refractivity contribution in [2.75, 3.05) is 12.1 Å². The molecule has 0 atom stereocenters. The van der Waals surface area contributed by atoms with Gasteiger partial charge in [0.05, 0.1) is 11.6 Å². The lowest BCUT2D eigenvalue weighted by Crippen LogP contribution is -2.27. The Balaban J connectivity index is 1.30. The number of ether oxygens (including phenoxy) is 2.